The highest BCUT2D eigenvalue weighted by Crippen LogP contribution is 2.54. The number of rotatable bonds is 3. The number of fused-ring (bicyclic) bond motifs is 2. The summed E-state index contributed by atoms with van der Waals surface area (Å²) in [5, 5.41) is 0. The Morgan fingerprint density at radius 2 is 1.93 bits per heavy atom. The molecule has 0 bridgehead atoms. The highest BCUT2D eigenvalue weighted by molar-refractivity contribution is 6.05. The monoisotopic (exact) mass is 389 g/mol. The molecule has 1 amide bonds. The third-order valence-corrected chi connectivity index (χ3v) is 5.32. The molecule has 4 rings (SSSR count). The minimum Gasteiger partial charge on any atom is -0.494 e. The van der Waals surface area contributed by atoms with Crippen LogP contribution in [0.15, 0.2) is 18.3 Å². The van der Waals surface area contributed by atoms with E-state index in [1.807, 2.05) is 19.9 Å². The van der Waals surface area contributed by atoms with Crippen LogP contribution in [-0.4, -0.2) is 18.0 Å². The molecule has 7 heteroatoms. The number of hydrogen-bond donors (Lipinski definition) is 1. The Labute approximate surface area is 163 Å². The standard InChI is InChI=1S/C19H19F2N3O2.C2H6/c1-10-5-14(26-2)16(21)17(15(10)20)24-9-11-8-23-12(7-22)6-13(11)19(3-4-19)18(24)25;1-2/h5-6,8H,3-4,7,9,22H2,1-2H3;1-2H3. The second kappa shape index (κ2) is 7.47. The number of benzene rings is 1. The molecule has 1 spiro atoms. The zero-order chi connectivity index (χ0) is 20.6. The summed E-state index contributed by atoms with van der Waals surface area (Å²) in [6, 6.07) is 3.14. The average molecular weight is 389 g/mol. The molecule has 1 aromatic heterocycles. The van der Waals surface area contributed by atoms with Gasteiger partial charge in [-0.2, -0.15) is 0 Å². The number of aromatic nitrogens is 1. The van der Waals surface area contributed by atoms with Crippen LogP contribution in [0.2, 0.25) is 0 Å². The van der Waals surface area contributed by atoms with Crippen LogP contribution in [0.25, 0.3) is 0 Å². The smallest absolute Gasteiger partial charge is 0.238 e. The first-order valence-electron chi connectivity index (χ1n) is 9.46. The molecule has 0 unspecified atom stereocenters. The lowest BCUT2D eigenvalue weighted by Crippen LogP contribution is -2.45. The molecule has 0 atom stereocenters. The van der Waals surface area contributed by atoms with Gasteiger partial charge in [-0.15, -0.1) is 0 Å². The van der Waals surface area contributed by atoms with E-state index in [0.29, 0.717) is 18.5 Å². The predicted octanol–water partition coefficient (Wildman–Crippen LogP) is 3.74. The van der Waals surface area contributed by atoms with Crippen molar-refractivity contribution in [2.75, 3.05) is 12.0 Å². The van der Waals surface area contributed by atoms with Gasteiger partial charge in [-0.05, 0) is 48.6 Å². The summed E-state index contributed by atoms with van der Waals surface area (Å²) in [4.78, 5) is 18.7. The molecule has 150 valence electrons. The Balaban J connectivity index is 0.00000109. The SMILES string of the molecule is CC.COc1cc(C)c(F)c(N2Cc3cnc(CN)cc3C3(CC3)C2=O)c1F. The largest absolute Gasteiger partial charge is 0.494 e. The summed E-state index contributed by atoms with van der Waals surface area (Å²) in [7, 11) is 1.31. The first kappa shape index (κ1) is 20.2. The van der Waals surface area contributed by atoms with Gasteiger partial charge >= 0.3 is 0 Å². The Morgan fingerprint density at radius 1 is 1.25 bits per heavy atom. The van der Waals surface area contributed by atoms with Crippen molar-refractivity contribution in [3.63, 3.8) is 0 Å². The minimum atomic E-state index is -0.866. The lowest BCUT2D eigenvalue weighted by molar-refractivity contribution is -0.121. The number of amides is 1. The summed E-state index contributed by atoms with van der Waals surface area (Å²) in [5.41, 5.74) is 7.18. The van der Waals surface area contributed by atoms with Gasteiger partial charge in [0.25, 0.3) is 0 Å². The molecule has 1 fully saturated rings. The number of pyridine rings is 1. The Hall–Kier alpha value is -2.54. The van der Waals surface area contributed by atoms with Gasteiger partial charge in [0.15, 0.2) is 17.4 Å². The lowest BCUT2D eigenvalue weighted by Gasteiger charge is -2.35. The van der Waals surface area contributed by atoms with Gasteiger partial charge in [-0.3, -0.25) is 9.78 Å². The third-order valence-electron chi connectivity index (χ3n) is 5.32. The van der Waals surface area contributed by atoms with Crippen molar-refractivity contribution in [3.8, 4) is 5.75 Å². The lowest BCUT2D eigenvalue weighted by atomic mass is 9.86. The van der Waals surface area contributed by atoms with Crippen molar-refractivity contribution < 1.29 is 18.3 Å². The second-order valence-electron chi connectivity index (χ2n) is 6.88. The van der Waals surface area contributed by atoms with E-state index in [0.717, 1.165) is 11.1 Å². The number of nitrogens with two attached hydrogens (primary N) is 1. The zero-order valence-electron chi connectivity index (χ0n) is 16.6. The van der Waals surface area contributed by atoms with Gasteiger partial charge in [0.2, 0.25) is 5.91 Å². The highest BCUT2D eigenvalue weighted by Gasteiger charge is 2.57. The van der Waals surface area contributed by atoms with Crippen LogP contribution in [0.1, 0.15) is 49.1 Å². The molecule has 0 radical (unpaired) electrons. The minimum absolute atomic E-state index is 0.0637. The fourth-order valence-electron chi connectivity index (χ4n) is 3.72. The number of carbonyl (C=O) groups is 1. The Morgan fingerprint density at radius 3 is 2.50 bits per heavy atom. The molecular weight excluding hydrogens is 364 g/mol. The fraction of sp³-hybridized carbons (Fsp3) is 0.429. The predicted molar refractivity (Wildman–Crippen MR) is 103 cm³/mol. The molecule has 28 heavy (non-hydrogen) atoms. The van der Waals surface area contributed by atoms with Crippen molar-refractivity contribution in [3.05, 3.63) is 52.3 Å². The van der Waals surface area contributed by atoms with Crippen molar-refractivity contribution >= 4 is 11.6 Å². The summed E-state index contributed by atoms with van der Waals surface area (Å²) in [6.07, 6.45) is 2.95. The maximum atomic E-state index is 14.8. The molecular formula is C21H25F2N3O2. The van der Waals surface area contributed by atoms with E-state index < -0.39 is 17.0 Å². The Bertz CT molecular complexity index is 926. The zero-order valence-corrected chi connectivity index (χ0v) is 16.6. The maximum Gasteiger partial charge on any atom is 0.238 e. The van der Waals surface area contributed by atoms with E-state index in [2.05, 4.69) is 4.98 Å². The van der Waals surface area contributed by atoms with Crippen molar-refractivity contribution in [1.29, 1.82) is 0 Å². The molecule has 2 heterocycles. The first-order chi connectivity index (χ1) is 13.4. The van der Waals surface area contributed by atoms with Crippen molar-refractivity contribution in [1.82, 2.24) is 4.98 Å². The molecule has 1 aliphatic carbocycles. The number of methoxy groups -OCH3 is 1. The van der Waals surface area contributed by atoms with Crippen LogP contribution in [-0.2, 0) is 23.3 Å². The topological polar surface area (TPSA) is 68.4 Å². The van der Waals surface area contributed by atoms with Gasteiger partial charge in [0, 0.05) is 12.7 Å². The van der Waals surface area contributed by atoms with E-state index in [9.17, 15) is 13.6 Å². The molecule has 5 nitrogen and oxygen atoms in total. The number of carbonyl (C=O) groups excluding carboxylic acids is 1. The quantitative estimate of drug-likeness (QED) is 0.868. The number of aryl methyl sites for hydroxylation is 1. The summed E-state index contributed by atoms with van der Waals surface area (Å²) in [6.45, 7) is 5.86. The van der Waals surface area contributed by atoms with Crippen LogP contribution in [0, 0.1) is 18.6 Å². The van der Waals surface area contributed by atoms with Gasteiger partial charge < -0.3 is 15.4 Å². The molecule has 2 aliphatic rings. The summed E-state index contributed by atoms with van der Waals surface area (Å²) >= 11 is 0. The number of ether oxygens (including phenoxy) is 1. The second-order valence-corrected chi connectivity index (χ2v) is 6.88. The molecule has 0 saturated heterocycles. The van der Waals surface area contributed by atoms with Gasteiger partial charge in [-0.25, -0.2) is 8.78 Å². The van der Waals surface area contributed by atoms with Gasteiger partial charge in [0.1, 0.15) is 5.69 Å². The molecule has 1 saturated carbocycles. The number of hydrogen-bond acceptors (Lipinski definition) is 4. The maximum absolute atomic E-state index is 14.8. The van der Waals surface area contributed by atoms with Crippen molar-refractivity contribution in [2.45, 2.75) is 52.1 Å². The molecule has 1 aromatic carbocycles. The van der Waals surface area contributed by atoms with Crippen molar-refractivity contribution in [2.24, 2.45) is 5.73 Å². The number of anilines is 1. The number of nitrogens with zero attached hydrogens (tertiary/aromatic N) is 2. The first-order valence-corrected chi connectivity index (χ1v) is 9.46. The van der Waals surface area contributed by atoms with E-state index in [-0.39, 0.29) is 36.0 Å². The van der Waals surface area contributed by atoms with Gasteiger partial charge in [-0.1, -0.05) is 13.8 Å². The average Bonchev–Trinajstić information content (AvgIpc) is 3.52. The van der Waals surface area contributed by atoms with E-state index in [4.69, 9.17) is 10.5 Å². The van der Waals surface area contributed by atoms with Crippen LogP contribution in [0.3, 0.4) is 0 Å². The van der Waals surface area contributed by atoms with Crippen LogP contribution >= 0.6 is 0 Å². The van der Waals surface area contributed by atoms with E-state index in [1.165, 1.54) is 25.0 Å². The van der Waals surface area contributed by atoms with E-state index >= 15 is 0 Å². The van der Waals surface area contributed by atoms with Crippen LogP contribution < -0.4 is 15.4 Å². The van der Waals surface area contributed by atoms with E-state index in [1.54, 1.807) is 6.20 Å². The van der Waals surface area contributed by atoms with Crippen LogP contribution in [0.5, 0.6) is 5.75 Å². The normalized spacial score (nSPS) is 16.4. The molecule has 1 aliphatic heterocycles. The number of halogens is 2. The molecule has 2 aromatic rings. The Kier molecular flexibility index (Phi) is 5.39. The molecule has 2 N–H and O–H groups in total. The fourth-order valence-corrected chi connectivity index (χ4v) is 3.72. The van der Waals surface area contributed by atoms with Gasteiger partial charge in [0.05, 0.1) is 24.8 Å². The summed E-state index contributed by atoms with van der Waals surface area (Å²) in [5.74, 6) is -1.99. The highest BCUT2D eigenvalue weighted by atomic mass is 19.1. The summed E-state index contributed by atoms with van der Waals surface area (Å²) < 4.78 is 34.6. The van der Waals surface area contributed by atoms with Crippen LogP contribution in [0.4, 0.5) is 14.5 Å². The third kappa shape index (κ3) is 2.94.